The van der Waals surface area contributed by atoms with Gasteiger partial charge in [-0.15, -0.1) is 0 Å². The van der Waals surface area contributed by atoms with Crippen LogP contribution in [0, 0.1) is 6.92 Å². The second-order valence-corrected chi connectivity index (χ2v) is 2.85. The first-order valence-electron chi connectivity index (χ1n) is 4.91. The van der Waals surface area contributed by atoms with E-state index >= 15 is 0 Å². The Morgan fingerprint density at radius 3 is 2.43 bits per heavy atom. The molecule has 0 aromatic carbocycles. The lowest BCUT2D eigenvalue weighted by Gasteiger charge is -1.94. The van der Waals surface area contributed by atoms with Crippen molar-refractivity contribution in [3.63, 3.8) is 0 Å². The fraction of sp³-hybridized carbons (Fsp3) is 0.308. The van der Waals surface area contributed by atoms with Crippen molar-refractivity contribution in [3.8, 4) is 0 Å². The van der Waals surface area contributed by atoms with Crippen LogP contribution in [0.25, 0.3) is 12.2 Å². The van der Waals surface area contributed by atoms with Crippen LogP contribution in [0.3, 0.4) is 0 Å². The van der Waals surface area contributed by atoms with Gasteiger partial charge in [0.1, 0.15) is 0 Å². The molecule has 0 aliphatic rings. The molecular weight excluding hydrogens is 170 g/mol. The summed E-state index contributed by atoms with van der Waals surface area (Å²) in [5.74, 6) is 0. The largest absolute Gasteiger partial charge is 0.253 e. The Balaban J connectivity index is 0.000000791. The molecule has 0 spiro atoms. The lowest BCUT2D eigenvalue weighted by molar-refractivity contribution is 1.12. The highest BCUT2D eigenvalue weighted by atomic mass is 14.7. The molecule has 1 heteroatoms. The summed E-state index contributed by atoms with van der Waals surface area (Å²) in [6.07, 6.45) is 1.80. The van der Waals surface area contributed by atoms with Crippen LogP contribution < -0.4 is 10.6 Å². The van der Waals surface area contributed by atoms with Crippen LogP contribution >= 0.6 is 0 Å². The van der Waals surface area contributed by atoms with Crippen molar-refractivity contribution in [2.45, 2.75) is 27.7 Å². The summed E-state index contributed by atoms with van der Waals surface area (Å²) in [5, 5.41) is 1.91. The molecule has 0 N–H and O–H groups in total. The molecule has 0 saturated heterocycles. The van der Waals surface area contributed by atoms with E-state index in [2.05, 4.69) is 18.1 Å². The van der Waals surface area contributed by atoms with Gasteiger partial charge in [0.05, 0.1) is 5.35 Å². The number of pyridine rings is 1. The number of nitrogens with zero attached hydrogens (tertiary/aromatic N) is 1. The Hall–Kier alpha value is -1.37. The molecule has 1 aromatic rings. The van der Waals surface area contributed by atoms with Gasteiger partial charge in [-0.25, -0.2) is 0 Å². The summed E-state index contributed by atoms with van der Waals surface area (Å²) in [7, 11) is 0. The minimum Gasteiger partial charge on any atom is -0.253 e. The maximum absolute atomic E-state index is 4.37. The van der Waals surface area contributed by atoms with Gasteiger partial charge in [-0.3, -0.25) is 4.98 Å². The zero-order chi connectivity index (χ0) is 11.1. The van der Waals surface area contributed by atoms with Crippen molar-refractivity contribution in [1.82, 2.24) is 4.98 Å². The van der Waals surface area contributed by atoms with Crippen molar-refractivity contribution < 1.29 is 0 Å². The van der Waals surface area contributed by atoms with Crippen molar-refractivity contribution in [3.05, 3.63) is 41.0 Å². The molecule has 0 saturated carbocycles. The number of rotatable bonds is 1. The first kappa shape index (κ1) is 12.6. The lowest BCUT2D eigenvalue weighted by Crippen LogP contribution is -2.28. The number of aromatic nitrogens is 1. The van der Waals surface area contributed by atoms with Gasteiger partial charge in [-0.1, -0.05) is 39.1 Å². The van der Waals surface area contributed by atoms with E-state index in [4.69, 9.17) is 0 Å². The van der Waals surface area contributed by atoms with Crippen LogP contribution in [-0.4, -0.2) is 4.98 Å². The molecule has 0 atom stereocenters. The monoisotopic (exact) mass is 189 g/mol. The molecule has 14 heavy (non-hydrogen) atoms. The zero-order valence-corrected chi connectivity index (χ0v) is 9.59. The van der Waals surface area contributed by atoms with Crippen molar-refractivity contribution >= 4 is 12.2 Å². The molecule has 0 aliphatic carbocycles. The fourth-order valence-corrected chi connectivity index (χ4v) is 1.02. The minimum atomic E-state index is 0.949. The van der Waals surface area contributed by atoms with E-state index in [1.807, 2.05) is 39.8 Å². The highest BCUT2D eigenvalue weighted by Crippen LogP contribution is 1.88. The Bertz CT molecular complexity index is 402. The van der Waals surface area contributed by atoms with Crippen molar-refractivity contribution in [1.29, 1.82) is 0 Å². The van der Waals surface area contributed by atoms with Gasteiger partial charge < -0.3 is 0 Å². The van der Waals surface area contributed by atoms with E-state index in [-0.39, 0.29) is 0 Å². The minimum absolute atomic E-state index is 0.949. The number of allylic oxidation sites excluding steroid dienone is 1. The molecular formula is C13H19N. The van der Waals surface area contributed by atoms with E-state index in [9.17, 15) is 0 Å². The van der Waals surface area contributed by atoms with Gasteiger partial charge in [0, 0.05) is 5.69 Å². The van der Waals surface area contributed by atoms with E-state index in [0.29, 0.717) is 0 Å². The van der Waals surface area contributed by atoms with Crippen LogP contribution in [0.15, 0.2) is 24.8 Å². The first-order valence-corrected chi connectivity index (χ1v) is 4.91. The summed E-state index contributed by atoms with van der Waals surface area (Å²) in [5.41, 5.74) is 2.09. The SMILES string of the molecule is C=C/C(C)=c1/nc(C)ccc1=C.CC. The van der Waals surface area contributed by atoms with E-state index in [0.717, 1.165) is 21.8 Å². The normalized spacial score (nSPS) is 11.1. The molecule has 0 amide bonds. The zero-order valence-electron chi connectivity index (χ0n) is 9.59. The molecule has 1 rings (SSSR count). The van der Waals surface area contributed by atoms with E-state index in [1.54, 1.807) is 6.08 Å². The first-order chi connectivity index (χ1) is 6.65. The van der Waals surface area contributed by atoms with Gasteiger partial charge in [0.15, 0.2) is 0 Å². The number of aryl methyl sites for hydroxylation is 1. The third-order valence-electron chi connectivity index (χ3n) is 1.80. The van der Waals surface area contributed by atoms with Crippen LogP contribution in [0.4, 0.5) is 0 Å². The van der Waals surface area contributed by atoms with Gasteiger partial charge in [0.25, 0.3) is 0 Å². The summed E-state index contributed by atoms with van der Waals surface area (Å²) >= 11 is 0. The Kier molecular flexibility index (Phi) is 5.54. The smallest absolute Gasteiger partial charge is 0.0728 e. The molecule has 0 unspecified atom stereocenters. The molecule has 1 nitrogen and oxygen atoms in total. The van der Waals surface area contributed by atoms with Crippen LogP contribution in [0.1, 0.15) is 26.5 Å². The van der Waals surface area contributed by atoms with Crippen LogP contribution in [0.5, 0.6) is 0 Å². The second-order valence-electron chi connectivity index (χ2n) is 2.85. The topological polar surface area (TPSA) is 12.9 Å². The van der Waals surface area contributed by atoms with Crippen LogP contribution in [-0.2, 0) is 0 Å². The van der Waals surface area contributed by atoms with Crippen LogP contribution in [0.2, 0.25) is 0 Å². The fourth-order valence-electron chi connectivity index (χ4n) is 1.02. The average molecular weight is 189 g/mol. The summed E-state index contributed by atoms with van der Waals surface area (Å²) in [6, 6.07) is 3.94. The summed E-state index contributed by atoms with van der Waals surface area (Å²) in [6.45, 7) is 15.6. The molecule has 0 radical (unpaired) electrons. The molecule has 0 bridgehead atoms. The molecule has 0 fully saturated rings. The van der Waals surface area contributed by atoms with Gasteiger partial charge in [0.2, 0.25) is 0 Å². The molecule has 76 valence electrons. The third kappa shape index (κ3) is 3.17. The maximum Gasteiger partial charge on any atom is 0.0728 e. The number of hydrogen-bond acceptors (Lipinski definition) is 1. The standard InChI is InChI=1S/C11H13N.C2H6/c1-5-8(2)11-9(3)6-7-10(4)12-11;1-2/h5-7H,1,3H2,2,4H3;1-2H3/b11-8+;. The Morgan fingerprint density at radius 2 is 1.93 bits per heavy atom. The second kappa shape index (κ2) is 6.14. The predicted octanol–water partition coefficient (Wildman–Crippen LogP) is 2.18. The van der Waals surface area contributed by atoms with Gasteiger partial charge in [-0.2, -0.15) is 0 Å². The molecule has 1 heterocycles. The highest BCUT2D eigenvalue weighted by molar-refractivity contribution is 5.51. The summed E-state index contributed by atoms with van der Waals surface area (Å²) < 4.78 is 0. The highest BCUT2D eigenvalue weighted by Gasteiger charge is 1.89. The van der Waals surface area contributed by atoms with Gasteiger partial charge >= 0.3 is 0 Å². The van der Waals surface area contributed by atoms with E-state index in [1.165, 1.54) is 0 Å². The molecule has 0 aliphatic heterocycles. The number of hydrogen-bond donors (Lipinski definition) is 0. The average Bonchev–Trinajstić information content (AvgIpc) is 2.23. The summed E-state index contributed by atoms with van der Waals surface area (Å²) in [4.78, 5) is 4.37. The third-order valence-corrected chi connectivity index (χ3v) is 1.80. The van der Waals surface area contributed by atoms with Crippen molar-refractivity contribution in [2.24, 2.45) is 0 Å². The Labute approximate surface area is 86.5 Å². The lowest BCUT2D eigenvalue weighted by atomic mass is 10.2. The van der Waals surface area contributed by atoms with E-state index < -0.39 is 0 Å². The quantitative estimate of drug-likeness (QED) is 0.660. The molecule has 1 aromatic heterocycles. The van der Waals surface area contributed by atoms with Gasteiger partial charge in [-0.05, 0) is 30.7 Å². The Morgan fingerprint density at radius 1 is 1.36 bits per heavy atom. The predicted molar refractivity (Wildman–Crippen MR) is 64.4 cm³/mol. The van der Waals surface area contributed by atoms with Crippen molar-refractivity contribution in [2.75, 3.05) is 0 Å². The maximum atomic E-state index is 4.37.